The van der Waals surface area contributed by atoms with Gasteiger partial charge in [0.25, 0.3) is 0 Å². The Bertz CT molecular complexity index is 152. The topological polar surface area (TPSA) is 20.2 Å². The highest BCUT2D eigenvalue weighted by Gasteiger charge is 2.37. The monoisotopic (exact) mass is 226 g/mol. The lowest BCUT2D eigenvalue weighted by Crippen LogP contribution is -2.28. The molecule has 0 aliphatic rings. The van der Waals surface area contributed by atoms with E-state index in [-0.39, 0.29) is 6.42 Å². The van der Waals surface area contributed by atoms with Crippen LogP contribution < -0.4 is 0 Å². The van der Waals surface area contributed by atoms with Gasteiger partial charge in [0, 0.05) is 0 Å². The summed E-state index contributed by atoms with van der Waals surface area (Å²) in [6, 6.07) is 0. The zero-order valence-electron chi connectivity index (χ0n) is 9.48. The van der Waals surface area contributed by atoms with Crippen molar-refractivity contribution in [3.05, 3.63) is 0 Å². The molecule has 1 atom stereocenters. The van der Waals surface area contributed by atoms with Gasteiger partial charge in [0.15, 0.2) is 0 Å². The Morgan fingerprint density at radius 3 is 1.87 bits per heavy atom. The molecule has 0 amide bonds. The number of unbranched alkanes of at least 4 members (excludes halogenated alkanes) is 1. The molecule has 0 rings (SSSR count). The molecular weight excluding hydrogens is 205 g/mol. The Kier molecular flexibility index (Phi) is 6.98. The molecule has 15 heavy (non-hydrogen) atoms. The summed E-state index contributed by atoms with van der Waals surface area (Å²) >= 11 is 0. The highest BCUT2D eigenvalue weighted by atomic mass is 19.4. The average molecular weight is 226 g/mol. The Morgan fingerprint density at radius 2 is 1.47 bits per heavy atom. The summed E-state index contributed by atoms with van der Waals surface area (Å²) in [7, 11) is 0. The summed E-state index contributed by atoms with van der Waals surface area (Å²) in [5, 5.41) is 8.74. The summed E-state index contributed by atoms with van der Waals surface area (Å²) in [5.74, 6) is 0.619. The molecule has 4 heteroatoms. The van der Waals surface area contributed by atoms with E-state index in [0.29, 0.717) is 12.3 Å². The molecule has 0 saturated carbocycles. The van der Waals surface area contributed by atoms with Gasteiger partial charge in [0.1, 0.15) is 6.10 Å². The van der Waals surface area contributed by atoms with Crippen molar-refractivity contribution in [1.29, 1.82) is 0 Å². The maximum absolute atomic E-state index is 11.9. The average Bonchev–Trinajstić information content (AvgIpc) is 2.16. The highest BCUT2D eigenvalue weighted by Crippen LogP contribution is 2.24. The lowest BCUT2D eigenvalue weighted by molar-refractivity contribution is -0.205. The summed E-state index contributed by atoms with van der Waals surface area (Å²) in [6.07, 6.45) is -2.39. The van der Waals surface area contributed by atoms with Gasteiger partial charge in [-0.05, 0) is 12.3 Å². The second kappa shape index (κ2) is 7.09. The normalized spacial score (nSPS) is 14.6. The van der Waals surface area contributed by atoms with Gasteiger partial charge in [-0.1, -0.05) is 46.0 Å². The molecule has 0 aliphatic carbocycles. The van der Waals surface area contributed by atoms with Gasteiger partial charge in [0.05, 0.1) is 0 Å². The smallest absolute Gasteiger partial charge is 0.384 e. The fourth-order valence-corrected chi connectivity index (χ4v) is 1.63. The largest absolute Gasteiger partial charge is 0.414 e. The number of rotatable bonds is 7. The predicted octanol–water partition coefficient (Wildman–Crippen LogP) is 3.91. The third-order valence-corrected chi connectivity index (χ3v) is 2.87. The van der Waals surface area contributed by atoms with Crippen molar-refractivity contribution in [3.63, 3.8) is 0 Å². The molecule has 92 valence electrons. The number of hydrogen-bond acceptors (Lipinski definition) is 1. The number of aliphatic hydroxyl groups is 1. The van der Waals surface area contributed by atoms with E-state index in [0.717, 1.165) is 25.7 Å². The quantitative estimate of drug-likeness (QED) is 0.652. The fourth-order valence-electron chi connectivity index (χ4n) is 1.63. The molecule has 0 saturated heterocycles. The van der Waals surface area contributed by atoms with Crippen molar-refractivity contribution in [2.75, 3.05) is 0 Å². The molecule has 0 radical (unpaired) electrons. The first-order chi connectivity index (χ1) is 6.91. The molecule has 0 aliphatic heterocycles. The molecule has 1 N–H and O–H groups in total. The molecular formula is C11H21F3O. The van der Waals surface area contributed by atoms with Crippen molar-refractivity contribution < 1.29 is 18.3 Å². The highest BCUT2D eigenvalue weighted by molar-refractivity contribution is 4.65. The van der Waals surface area contributed by atoms with Crippen molar-refractivity contribution in [2.45, 2.75) is 64.7 Å². The van der Waals surface area contributed by atoms with Crippen LogP contribution in [0.4, 0.5) is 13.2 Å². The van der Waals surface area contributed by atoms with E-state index < -0.39 is 12.3 Å². The third kappa shape index (κ3) is 6.77. The van der Waals surface area contributed by atoms with Gasteiger partial charge in [-0.25, -0.2) is 0 Å². The van der Waals surface area contributed by atoms with Crippen LogP contribution in [0.2, 0.25) is 0 Å². The first kappa shape index (κ1) is 14.8. The summed E-state index contributed by atoms with van der Waals surface area (Å²) in [5.41, 5.74) is 0. The Labute approximate surface area is 89.7 Å². The van der Waals surface area contributed by atoms with E-state index >= 15 is 0 Å². The molecule has 0 aromatic rings. The van der Waals surface area contributed by atoms with Gasteiger partial charge >= 0.3 is 6.18 Å². The molecule has 0 unspecified atom stereocenters. The Balaban J connectivity index is 3.54. The molecule has 0 heterocycles. The van der Waals surface area contributed by atoms with Crippen LogP contribution in [0.1, 0.15) is 52.4 Å². The van der Waals surface area contributed by atoms with Crippen LogP contribution in [-0.2, 0) is 0 Å². The summed E-state index contributed by atoms with van der Waals surface area (Å²) in [4.78, 5) is 0. The first-order valence-corrected chi connectivity index (χ1v) is 5.66. The van der Waals surface area contributed by atoms with Crippen LogP contribution in [0.25, 0.3) is 0 Å². The summed E-state index contributed by atoms with van der Waals surface area (Å²) < 4.78 is 35.8. The van der Waals surface area contributed by atoms with Gasteiger partial charge < -0.3 is 5.11 Å². The van der Waals surface area contributed by atoms with Gasteiger partial charge in [0.2, 0.25) is 0 Å². The zero-order chi connectivity index (χ0) is 11.9. The summed E-state index contributed by atoms with van der Waals surface area (Å²) in [6.45, 7) is 4.19. The maximum atomic E-state index is 11.9. The van der Waals surface area contributed by atoms with Crippen molar-refractivity contribution >= 4 is 0 Å². The number of hydrogen-bond donors (Lipinski definition) is 1. The molecule has 0 aromatic carbocycles. The van der Waals surface area contributed by atoms with Crippen LogP contribution in [0, 0.1) is 5.92 Å². The van der Waals surface area contributed by atoms with E-state index in [2.05, 4.69) is 13.8 Å². The van der Waals surface area contributed by atoms with Crippen molar-refractivity contribution in [3.8, 4) is 0 Å². The maximum Gasteiger partial charge on any atom is 0.414 e. The lowest BCUT2D eigenvalue weighted by atomic mass is 9.95. The molecule has 1 nitrogen and oxygen atoms in total. The minimum absolute atomic E-state index is 0.163. The van der Waals surface area contributed by atoms with E-state index in [4.69, 9.17) is 5.11 Å². The Hall–Kier alpha value is -0.250. The van der Waals surface area contributed by atoms with E-state index in [1.807, 2.05) is 0 Å². The lowest BCUT2D eigenvalue weighted by Gasteiger charge is -2.15. The van der Waals surface area contributed by atoms with Gasteiger partial charge in [-0.2, -0.15) is 13.2 Å². The minimum Gasteiger partial charge on any atom is -0.384 e. The van der Waals surface area contributed by atoms with E-state index in [1.54, 1.807) is 0 Å². The number of halogens is 3. The predicted molar refractivity (Wildman–Crippen MR) is 54.6 cm³/mol. The minimum atomic E-state index is -4.45. The number of aliphatic hydroxyl groups excluding tert-OH is 1. The standard InChI is InChI=1S/C11H21F3O/c1-3-9(4-2)7-5-6-8-10(15)11(12,13)14/h9-10,15H,3-8H2,1-2H3/t10-/m1/s1. The second-order valence-corrected chi connectivity index (χ2v) is 4.02. The second-order valence-electron chi connectivity index (χ2n) is 4.02. The fraction of sp³-hybridized carbons (Fsp3) is 1.00. The van der Waals surface area contributed by atoms with E-state index in [9.17, 15) is 13.2 Å². The Morgan fingerprint density at radius 1 is 1.00 bits per heavy atom. The van der Waals surface area contributed by atoms with Crippen molar-refractivity contribution in [2.24, 2.45) is 5.92 Å². The molecule has 0 fully saturated rings. The van der Waals surface area contributed by atoms with Gasteiger partial charge in [-0.15, -0.1) is 0 Å². The van der Waals surface area contributed by atoms with Crippen LogP contribution in [0.15, 0.2) is 0 Å². The van der Waals surface area contributed by atoms with E-state index in [1.165, 1.54) is 0 Å². The molecule has 0 bridgehead atoms. The van der Waals surface area contributed by atoms with Crippen LogP contribution in [0.5, 0.6) is 0 Å². The number of alkyl halides is 3. The molecule has 0 aromatic heterocycles. The van der Waals surface area contributed by atoms with Crippen LogP contribution in [-0.4, -0.2) is 17.4 Å². The third-order valence-electron chi connectivity index (χ3n) is 2.87. The SMILES string of the molecule is CCC(CC)CCCC[C@@H](O)C(F)(F)F. The van der Waals surface area contributed by atoms with Crippen LogP contribution in [0.3, 0.4) is 0 Å². The van der Waals surface area contributed by atoms with Gasteiger partial charge in [-0.3, -0.25) is 0 Å². The zero-order valence-corrected chi connectivity index (χ0v) is 9.48. The van der Waals surface area contributed by atoms with Crippen molar-refractivity contribution in [1.82, 2.24) is 0 Å². The van der Waals surface area contributed by atoms with Crippen LogP contribution >= 0.6 is 0 Å². The first-order valence-electron chi connectivity index (χ1n) is 5.66. The molecule has 0 spiro atoms.